The number of nitrogens with zero attached hydrogens (tertiary/aromatic N) is 2. The molecule has 3 aromatic carbocycles. The van der Waals surface area contributed by atoms with Crippen LogP contribution in [0.5, 0.6) is 11.5 Å². The highest BCUT2D eigenvalue weighted by Gasteiger charge is 2.16. The Balaban J connectivity index is 1.62. The van der Waals surface area contributed by atoms with Gasteiger partial charge in [-0.05, 0) is 80.5 Å². The first kappa shape index (κ1) is 19.9. The lowest BCUT2D eigenvalue weighted by molar-refractivity contribution is 0.324. The van der Waals surface area contributed by atoms with Crippen LogP contribution in [0.25, 0.3) is 21.8 Å². The fourth-order valence-corrected chi connectivity index (χ4v) is 4.44. The molecule has 1 aliphatic rings. The number of aromatic hydroxyl groups is 1. The van der Waals surface area contributed by atoms with Crippen molar-refractivity contribution >= 4 is 44.8 Å². The van der Waals surface area contributed by atoms with Crippen LogP contribution in [0.3, 0.4) is 0 Å². The average Bonchev–Trinajstić information content (AvgIpc) is 3.29. The number of aromatic nitrogens is 1. The molecule has 0 aliphatic carbocycles. The van der Waals surface area contributed by atoms with E-state index in [0.29, 0.717) is 10.8 Å². The van der Waals surface area contributed by atoms with Gasteiger partial charge in [0.25, 0.3) is 0 Å². The van der Waals surface area contributed by atoms with E-state index < -0.39 is 0 Å². The van der Waals surface area contributed by atoms with Gasteiger partial charge in [-0.3, -0.25) is 4.90 Å². The Labute approximate surface area is 186 Å². The maximum absolute atomic E-state index is 10.4. The Kier molecular flexibility index (Phi) is 5.30. The maximum atomic E-state index is 10.4. The molecule has 2 heterocycles. The summed E-state index contributed by atoms with van der Waals surface area (Å²) in [5.74, 6) is 1.09. The summed E-state index contributed by atoms with van der Waals surface area (Å²) >= 11 is 6.33. The molecule has 0 spiro atoms. The van der Waals surface area contributed by atoms with E-state index in [1.54, 1.807) is 13.2 Å². The van der Waals surface area contributed by atoms with Crippen LogP contribution in [-0.2, 0) is 6.54 Å². The van der Waals surface area contributed by atoms with Crippen LogP contribution in [0.4, 0.5) is 11.4 Å². The van der Waals surface area contributed by atoms with E-state index in [-0.39, 0.29) is 0 Å². The van der Waals surface area contributed by atoms with Crippen LogP contribution in [0.1, 0.15) is 18.4 Å². The van der Waals surface area contributed by atoms with Crippen molar-refractivity contribution in [1.82, 2.24) is 9.88 Å². The van der Waals surface area contributed by atoms with Gasteiger partial charge in [-0.15, -0.1) is 0 Å². The van der Waals surface area contributed by atoms with Crippen molar-refractivity contribution in [3.8, 4) is 11.5 Å². The van der Waals surface area contributed by atoms with E-state index >= 15 is 0 Å². The van der Waals surface area contributed by atoms with E-state index in [4.69, 9.17) is 21.3 Å². The molecule has 0 amide bonds. The molecule has 158 valence electrons. The summed E-state index contributed by atoms with van der Waals surface area (Å²) in [4.78, 5) is 7.17. The zero-order valence-electron chi connectivity index (χ0n) is 17.4. The average molecular weight is 434 g/mol. The number of phenolic OH excluding ortho intramolecular Hbond substituents is 1. The summed E-state index contributed by atoms with van der Waals surface area (Å²) in [6.07, 6.45) is 2.44. The lowest BCUT2D eigenvalue weighted by Gasteiger charge is -2.18. The third-order valence-corrected chi connectivity index (χ3v) is 6.12. The first-order chi connectivity index (χ1) is 15.1. The summed E-state index contributed by atoms with van der Waals surface area (Å²) < 4.78 is 5.45. The van der Waals surface area contributed by atoms with Crippen molar-refractivity contribution in [1.29, 1.82) is 0 Å². The smallest absolute Gasteiger partial charge is 0.120 e. The number of anilines is 2. The fourth-order valence-electron chi connectivity index (χ4n) is 4.27. The molecule has 0 atom stereocenters. The quantitative estimate of drug-likeness (QED) is 0.294. The predicted molar refractivity (Wildman–Crippen MR) is 127 cm³/mol. The van der Waals surface area contributed by atoms with Gasteiger partial charge in [0.05, 0.1) is 23.8 Å². The first-order valence-electron chi connectivity index (χ1n) is 10.5. The van der Waals surface area contributed by atoms with Gasteiger partial charge >= 0.3 is 0 Å². The highest BCUT2D eigenvalue weighted by molar-refractivity contribution is 6.31. The zero-order chi connectivity index (χ0) is 21.4. The minimum atomic E-state index is 0.326. The third-order valence-electron chi connectivity index (χ3n) is 5.88. The number of likely N-dealkylation sites (tertiary alicyclic amines) is 1. The van der Waals surface area contributed by atoms with E-state index in [0.717, 1.165) is 64.1 Å². The van der Waals surface area contributed by atoms with Crippen LogP contribution in [-0.4, -0.2) is 35.2 Å². The molecule has 4 aromatic rings. The van der Waals surface area contributed by atoms with Crippen molar-refractivity contribution in [3.05, 3.63) is 65.2 Å². The molecular weight excluding hydrogens is 410 g/mol. The van der Waals surface area contributed by atoms with Crippen molar-refractivity contribution in [2.75, 3.05) is 25.5 Å². The molecule has 1 saturated heterocycles. The molecule has 5 nitrogen and oxygen atoms in total. The van der Waals surface area contributed by atoms with Crippen LogP contribution in [0, 0.1) is 0 Å². The second kappa shape index (κ2) is 8.25. The number of hydrogen-bond acceptors (Lipinski definition) is 5. The molecular formula is C25H24ClN3O2. The summed E-state index contributed by atoms with van der Waals surface area (Å²) in [6.45, 7) is 2.91. The monoisotopic (exact) mass is 433 g/mol. The number of ether oxygens (including phenoxy) is 1. The van der Waals surface area contributed by atoms with Gasteiger partial charge in [0, 0.05) is 33.6 Å². The molecule has 31 heavy (non-hydrogen) atoms. The summed E-state index contributed by atoms with van der Waals surface area (Å²) in [5, 5.41) is 16.5. The number of fused-ring (bicyclic) bond motifs is 2. The maximum Gasteiger partial charge on any atom is 0.120 e. The van der Waals surface area contributed by atoms with Crippen molar-refractivity contribution in [2.24, 2.45) is 0 Å². The lowest BCUT2D eigenvalue weighted by atomic mass is 10.1. The van der Waals surface area contributed by atoms with Crippen molar-refractivity contribution in [2.45, 2.75) is 19.4 Å². The molecule has 0 bridgehead atoms. The molecule has 1 fully saturated rings. The molecule has 0 unspecified atom stereocenters. The Morgan fingerprint density at radius 1 is 1.00 bits per heavy atom. The SMILES string of the molecule is COc1ccc2nc3ccc(Cl)cc3c(Nc3ccc(O)c(CN4CCCC4)c3)c2c1. The third kappa shape index (κ3) is 3.99. The minimum absolute atomic E-state index is 0.326. The number of phenols is 1. The predicted octanol–water partition coefficient (Wildman–Crippen LogP) is 6.10. The van der Waals surface area contributed by atoms with Gasteiger partial charge in [-0.1, -0.05) is 11.6 Å². The molecule has 2 N–H and O–H groups in total. The van der Waals surface area contributed by atoms with Crippen LogP contribution < -0.4 is 10.1 Å². The topological polar surface area (TPSA) is 57.6 Å². The molecule has 1 aromatic heterocycles. The van der Waals surface area contributed by atoms with E-state index in [1.807, 2.05) is 48.5 Å². The Hall–Kier alpha value is -3.02. The van der Waals surface area contributed by atoms with Gasteiger partial charge in [0.15, 0.2) is 0 Å². The van der Waals surface area contributed by atoms with Gasteiger partial charge in [-0.25, -0.2) is 4.98 Å². The molecule has 1 aliphatic heterocycles. The van der Waals surface area contributed by atoms with Crippen molar-refractivity contribution in [3.63, 3.8) is 0 Å². The second-order valence-electron chi connectivity index (χ2n) is 7.98. The summed E-state index contributed by atoms with van der Waals surface area (Å²) in [7, 11) is 1.66. The lowest BCUT2D eigenvalue weighted by Crippen LogP contribution is -2.18. The van der Waals surface area contributed by atoms with Gasteiger partial charge in [0.1, 0.15) is 11.5 Å². The number of methoxy groups -OCH3 is 1. The van der Waals surface area contributed by atoms with Gasteiger partial charge in [0.2, 0.25) is 0 Å². The minimum Gasteiger partial charge on any atom is -0.508 e. The van der Waals surface area contributed by atoms with Crippen molar-refractivity contribution < 1.29 is 9.84 Å². The summed E-state index contributed by atoms with van der Waals surface area (Å²) in [5.41, 5.74) is 4.47. The number of hydrogen-bond donors (Lipinski definition) is 2. The highest BCUT2D eigenvalue weighted by atomic mass is 35.5. The Morgan fingerprint density at radius 2 is 1.74 bits per heavy atom. The van der Waals surface area contributed by atoms with E-state index in [9.17, 15) is 5.11 Å². The van der Waals surface area contributed by atoms with Crippen LogP contribution >= 0.6 is 11.6 Å². The normalized spacial score (nSPS) is 14.4. The number of rotatable bonds is 5. The number of nitrogens with one attached hydrogen (secondary N) is 1. The van der Waals surface area contributed by atoms with Gasteiger partial charge in [-0.2, -0.15) is 0 Å². The molecule has 5 rings (SSSR count). The fraction of sp³-hybridized carbons (Fsp3) is 0.240. The number of halogens is 1. The van der Waals surface area contributed by atoms with E-state index in [2.05, 4.69) is 10.2 Å². The first-order valence-corrected chi connectivity index (χ1v) is 10.9. The van der Waals surface area contributed by atoms with Gasteiger partial charge < -0.3 is 15.2 Å². The number of benzene rings is 3. The highest BCUT2D eigenvalue weighted by Crippen LogP contribution is 2.37. The summed E-state index contributed by atoms with van der Waals surface area (Å²) in [6, 6.07) is 17.2. The Morgan fingerprint density at radius 3 is 2.52 bits per heavy atom. The number of pyridine rings is 1. The largest absolute Gasteiger partial charge is 0.508 e. The molecule has 0 saturated carbocycles. The molecule has 0 radical (unpaired) electrons. The second-order valence-corrected chi connectivity index (χ2v) is 8.42. The standard InChI is InChI=1S/C25H24ClN3O2/c1-31-19-6-8-23-21(14-19)25(20-13-17(26)4-7-22(20)28-23)27-18-5-9-24(30)16(12-18)15-29-10-2-3-11-29/h4-9,12-14,30H,2-3,10-11,15H2,1H3,(H,27,28). The zero-order valence-corrected chi connectivity index (χ0v) is 18.1. The van der Waals surface area contributed by atoms with Crippen LogP contribution in [0.2, 0.25) is 5.02 Å². The molecule has 6 heteroatoms. The van der Waals surface area contributed by atoms with Crippen LogP contribution in [0.15, 0.2) is 54.6 Å². The van der Waals surface area contributed by atoms with E-state index in [1.165, 1.54) is 12.8 Å². The Bertz CT molecular complexity index is 1270.